The Bertz CT molecular complexity index is 189. The summed E-state index contributed by atoms with van der Waals surface area (Å²) in [5.41, 5.74) is 0. The quantitative estimate of drug-likeness (QED) is 0.486. The molecule has 0 saturated carbocycles. The lowest BCUT2D eigenvalue weighted by Crippen LogP contribution is -2.28. The summed E-state index contributed by atoms with van der Waals surface area (Å²) in [5, 5.41) is 13.6. The van der Waals surface area contributed by atoms with Crippen LogP contribution in [0.5, 0.6) is 0 Å². The van der Waals surface area contributed by atoms with E-state index < -0.39 is 5.09 Å². The van der Waals surface area contributed by atoms with Gasteiger partial charge >= 0.3 is 0 Å². The molecule has 0 aliphatic carbocycles. The lowest BCUT2D eigenvalue weighted by atomic mass is 10.4. The fraction of sp³-hybridized carbons (Fsp3) is 0.714. The van der Waals surface area contributed by atoms with E-state index in [-0.39, 0.29) is 0 Å². The van der Waals surface area contributed by atoms with Gasteiger partial charge in [-0.3, -0.25) is 0 Å². The van der Waals surface area contributed by atoms with Gasteiger partial charge in [-0.15, -0.1) is 10.1 Å². The number of rotatable bonds is 1. The average molecular weight is 189 g/mol. The molecule has 1 rings (SSSR count). The Hall–Kier alpha value is -1.46. The molecule has 76 valence electrons. The average Bonchev–Trinajstić information content (AvgIpc) is 2.34. The molecule has 0 unspecified atom stereocenters. The molecule has 0 spiro atoms. The molecule has 0 bridgehead atoms. The summed E-state index contributed by atoms with van der Waals surface area (Å²) >= 11 is 0. The summed E-state index contributed by atoms with van der Waals surface area (Å²) in [6, 6.07) is 0.631. The first-order valence-corrected chi connectivity index (χ1v) is 3.91. The van der Waals surface area contributed by atoms with E-state index in [1.54, 1.807) is 0 Å². The molecule has 0 aromatic heterocycles. The molecule has 1 N–H and O–H groups in total. The second kappa shape index (κ2) is 5.23. The van der Waals surface area contributed by atoms with E-state index in [0.717, 1.165) is 6.67 Å². The maximum absolute atomic E-state index is 8.36. The highest BCUT2D eigenvalue weighted by Gasteiger charge is 2.09. The standard InChI is InChI=1S/C7H14N2.HNO3/c1-7(2)9-5-4-8(3)6-9;2-1(3)4/h4-5,7H,6H2,1-3H3;(H,2,3,4). The SMILES string of the molecule is CC(C)N1C=CN(C)C1.O=[N+]([O-])O. The molecule has 0 fully saturated rings. The van der Waals surface area contributed by atoms with Crippen LogP contribution in [0.4, 0.5) is 0 Å². The Morgan fingerprint density at radius 1 is 1.54 bits per heavy atom. The van der Waals surface area contributed by atoms with Crippen LogP contribution in [0.1, 0.15) is 13.8 Å². The smallest absolute Gasteiger partial charge is 0.291 e. The van der Waals surface area contributed by atoms with E-state index in [9.17, 15) is 0 Å². The first-order valence-electron chi connectivity index (χ1n) is 3.91. The molecule has 0 amide bonds. The van der Waals surface area contributed by atoms with Crippen molar-refractivity contribution < 1.29 is 10.3 Å². The van der Waals surface area contributed by atoms with Crippen molar-refractivity contribution in [1.82, 2.24) is 9.80 Å². The molecule has 6 heteroatoms. The van der Waals surface area contributed by atoms with Crippen molar-refractivity contribution in [2.24, 2.45) is 0 Å². The minimum absolute atomic E-state index is 0.631. The lowest BCUT2D eigenvalue weighted by Gasteiger charge is -2.21. The number of hydrogen-bond donors (Lipinski definition) is 1. The Morgan fingerprint density at radius 2 is 2.00 bits per heavy atom. The molecule has 0 saturated heterocycles. The van der Waals surface area contributed by atoms with Crippen LogP contribution >= 0.6 is 0 Å². The largest absolute Gasteiger partial charge is 0.362 e. The molecule has 6 nitrogen and oxygen atoms in total. The molecule has 13 heavy (non-hydrogen) atoms. The Balaban J connectivity index is 0.000000310. The van der Waals surface area contributed by atoms with Gasteiger partial charge in [0.15, 0.2) is 0 Å². The molecule has 0 atom stereocenters. The van der Waals surface area contributed by atoms with Crippen molar-refractivity contribution in [1.29, 1.82) is 0 Å². The van der Waals surface area contributed by atoms with Crippen LogP contribution in [0.3, 0.4) is 0 Å². The summed E-state index contributed by atoms with van der Waals surface area (Å²) < 4.78 is 0. The molecular formula is C7H15N3O3. The van der Waals surface area contributed by atoms with Crippen LogP contribution in [-0.4, -0.2) is 39.9 Å². The van der Waals surface area contributed by atoms with Gasteiger partial charge in [-0.25, -0.2) is 0 Å². The van der Waals surface area contributed by atoms with Crippen LogP contribution in [-0.2, 0) is 0 Å². The van der Waals surface area contributed by atoms with Crippen LogP contribution in [0.25, 0.3) is 0 Å². The highest BCUT2D eigenvalue weighted by Crippen LogP contribution is 2.06. The summed E-state index contributed by atoms with van der Waals surface area (Å²) in [6.07, 6.45) is 4.23. The third-order valence-electron chi connectivity index (χ3n) is 1.56. The maximum Gasteiger partial charge on any atom is 0.291 e. The van der Waals surface area contributed by atoms with Gasteiger partial charge in [0.25, 0.3) is 5.09 Å². The van der Waals surface area contributed by atoms with Gasteiger partial charge < -0.3 is 15.0 Å². The van der Waals surface area contributed by atoms with Crippen molar-refractivity contribution in [3.63, 3.8) is 0 Å². The minimum Gasteiger partial charge on any atom is -0.362 e. The van der Waals surface area contributed by atoms with Crippen LogP contribution in [0, 0.1) is 10.1 Å². The predicted molar refractivity (Wildman–Crippen MR) is 47.5 cm³/mol. The Labute approximate surface area is 77.2 Å². The topological polar surface area (TPSA) is 69.9 Å². The lowest BCUT2D eigenvalue weighted by molar-refractivity contribution is -0.742. The molecule has 0 aromatic carbocycles. The van der Waals surface area contributed by atoms with E-state index >= 15 is 0 Å². The zero-order chi connectivity index (χ0) is 10.4. The first-order chi connectivity index (χ1) is 5.93. The van der Waals surface area contributed by atoms with Crippen molar-refractivity contribution in [3.05, 3.63) is 22.5 Å². The van der Waals surface area contributed by atoms with Crippen molar-refractivity contribution in [2.75, 3.05) is 13.7 Å². The van der Waals surface area contributed by atoms with Crippen LogP contribution < -0.4 is 0 Å². The zero-order valence-corrected chi connectivity index (χ0v) is 8.04. The molecule has 0 aromatic rings. The number of hydrogen-bond acceptors (Lipinski definition) is 4. The van der Waals surface area contributed by atoms with Gasteiger partial charge in [0.2, 0.25) is 0 Å². The monoisotopic (exact) mass is 189 g/mol. The minimum atomic E-state index is -1.50. The van der Waals surface area contributed by atoms with E-state index in [4.69, 9.17) is 15.3 Å². The van der Waals surface area contributed by atoms with E-state index in [1.165, 1.54) is 0 Å². The van der Waals surface area contributed by atoms with Gasteiger partial charge in [0.1, 0.15) is 0 Å². The summed E-state index contributed by atoms with van der Waals surface area (Å²) in [5.74, 6) is 0. The summed E-state index contributed by atoms with van der Waals surface area (Å²) in [7, 11) is 2.08. The predicted octanol–water partition coefficient (Wildman–Crippen LogP) is 0.723. The van der Waals surface area contributed by atoms with Crippen molar-refractivity contribution >= 4 is 0 Å². The third-order valence-corrected chi connectivity index (χ3v) is 1.56. The van der Waals surface area contributed by atoms with E-state index in [2.05, 4.69) is 43.1 Å². The Morgan fingerprint density at radius 3 is 2.15 bits per heavy atom. The third kappa shape index (κ3) is 5.77. The van der Waals surface area contributed by atoms with Gasteiger partial charge in [0, 0.05) is 25.5 Å². The normalized spacial score (nSPS) is 14.5. The van der Waals surface area contributed by atoms with Gasteiger partial charge in [-0.05, 0) is 13.8 Å². The summed E-state index contributed by atoms with van der Waals surface area (Å²) in [6.45, 7) is 5.44. The van der Waals surface area contributed by atoms with Crippen LogP contribution in [0.15, 0.2) is 12.4 Å². The van der Waals surface area contributed by atoms with E-state index in [1.807, 2.05) is 0 Å². The number of nitrogens with zero attached hydrogens (tertiary/aromatic N) is 3. The molecule has 1 aliphatic heterocycles. The first kappa shape index (κ1) is 11.5. The molecular weight excluding hydrogens is 174 g/mol. The van der Waals surface area contributed by atoms with Gasteiger partial charge in [-0.2, -0.15) is 0 Å². The highest BCUT2D eigenvalue weighted by molar-refractivity contribution is 4.89. The zero-order valence-electron chi connectivity index (χ0n) is 8.04. The van der Waals surface area contributed by atoms with Crippen molar-refractivity contribution in [3.8, 4) is 0 Å². The van der Waals surface area contributed by atoms with Crippen LogP contribution in [0.2, 0.25) is 0 Å². The summed E-state index contributed by atoms with van der Waals surface area (Å²) in [4.78, 5) is 12.8. The fourth-order valence-corrected chi connectivity index (χ4v) is 0.887. The maximum atomic E-state index is 8.36. The van der Waals surface area contributed by atoms with Crippen molar-refractivity contribution in [2.45, 2.75) is 19.9 Å². The molecule has 1 heterocycles. The second-order valence-corrected chi connectivity index (χ2v) is 3.04. The van der Waals surface area contributed by atoms with Gasteiger partial charge in [0.05, 0.1) is 6.67 Å². The van der Waals surface area contributed by atoms with Gasteiger partial charge in [-0.1, -0.05) is 0 Å². The second-order valence-electron chi connectivity index (χ2n) is 3.04. The molecule has 0 radical (unpaired) electrons. The Kier molecular flexibility index (Phi) is 4.64. The fourth-order valence-electron chi connectivity index (χ4n) is 0.887. The molecule has 1 aliphatic rings. The highest BCUT2D eigenvalue weighted by atomic mass is 16.9. The van der Waals surface area contributed by atoms with E-state index in [0.29, 0.717) is 6.04 Å².